The van der Waals surface area contributed by atoms with Crippen LogP contribution in [-0.2, 0) is 0 Å². The van der Waals surface area contributed by atoms with Crippen LogP contribution in [0.5, 0.6) is 5.75 Å². The Balaban J connectivity index is 1.49. The van der Waals surface area contributed by atoms with Crippen molar-refractivity contribution >= 4 is 0 Å². The average molecular weight is 312 g/mol. The van der Waals surface area contributed by atoms with Gasteiger partial charge in [-0.25, -0.2) is 0 Å². The minimum Gasteiger partial charge on any atom is -0.492 e. The van der Waals surface area contributed by atoms with Gasteiger partial charge in [-0.15, -0.1) is 0 Å². The highest BCUT2D eigenvalue weighted by atomic mass is 16.5. The van der Waals surface area contributed by atoms with Crippen LogP contribution in [0.25, 0.3) is 0 Å². The molecule has 0 unspecified atom stereocenters. The normalized spacial score (nSPS) is 18.5. The number of hydrogen-bond acceptors (Lipinski definition) is 6. The lowest BCUT2D eigenvalue weighted by Crippen LogP contribution is -2.37. The highest BCUT2D eigenvalue weighted by Crippen LogP contribution is 2.25. The summed E-state index contributed by atoms with van der Waals surface area (Å²) in [6.45, 7) is 5.27. The smallest absolute Gasteiger partial charge is 0.231 e. The molecule has 2 heterocycles. The van der Waals surface area contributed by atoms with E-state index in [1.54, 1.807) is 12.1 Å². The minimum atomic E-state index is 0.312. The summed E-state index contributed by atoms with van der Waals surface area (Å²) in [6, 6.07) is 9.37. The highest BCUT2D eigenvalue weighted by molar-refractivity contribution is 5.36. The number of hydrogen-bond donors (Lipinski definition) is 0. The molecule has 0 spiro atoms. The van der Waals surface area contributed by atoms with Crippen molar-refractivity contribution in [3.63, 3.8) is 0 Å². The maximum atomic E-state index is 8.90. The van der Waals surface area contributed by atoms with Gasteiger partial charge in [0.15, 0.2) is 5.82 Å². The summed E-state index contributed by atoms with van der Waals surface area (Å²) in [6.07, 6.45) is 2.21. The van der Waals surface area contributed by atoms with Crippen LogP contribution in [0.2, 0.25) is 0 Å². The van der Waals surface area contributed by atoms with Crippen molar-refractivity contribution in [3.8, 4) is 11.8 Å². The fourth-order valence-corrected chi connectivity index (χ4v) is 2.89. The molecular weight excluding hydrogens is 292 g/mol. The molecule has 0 radical (unpaired) electrons. The van der Waals surface area contributed by atoms with E-state index < -0.39 is 0 Å². The number of piperidine rings is 1. The Hall–Kier alpha value is -2.39. The quantitative estimate of drug-likeness (QED) is 0.844. The van der Waals surface area contributed by atoms with Crippen LogP contribution < -0.4 is 4.74 Å². The zero-order chi connectivity index (χ0) is 16.1. The molecule has 1 aliphatic heterocycles. The number of ether oxygens (including phenoxy) is 1. The zero-order valence-corrected chi connectivity index (χ0v) is 13.2. The Kier molecular flexibility index (Phi) is 4.89. The van der Waals surface area contributed by atoms with Crippen molar-refractivity contribution in [2.24, 2.45) is 0 Å². The van der Waals surface area contributed by atoms with Gasteiger partial charge in [0.2, 0.25) is 5.89 Å². The molecule has 1 aromatic carbocycles. The molecule has 23 heavy (non-hydrogen) atoms. The summed E-state index contributed by atoms with van der Waals surface area (Å²) < 4.78 is 11.1. The molecule has 120 valence electrons. The van der Waals surface area contributed by atoms with Crippen molar-refractivity contribution in [3.05, 3.63) is 41.5 Å². The number of likely N-dealkylation sites (tertiary alicyclic amines) is 1. The number of rotatable bonds is 5. The summed E-state index contributed by atoms with van der Waals surface area (Å²) in [5, 5.41) is 12.8. The van der Waals surface area contributed by atoms with Crippen molar-refractivity contribution in [2.45, 2.75) is 25.7 Å². The van der Waals surface area contributed by atoms with Gasteiger partial charge in [0.25, 0.3) is 0 Å². The van der Waals surface area contributed by atoms with E-state index >= 15 is 0 Å². The van der Waals surface area contributed by atoms with Crippen molar-refractivity contribution in [1.82, 2.24) is 15.0 Å². The van der Waals surface area contributed by atoms with Crippen molar-refractivity contribution < 1.29 is 9.26 Å². The van der Waals surface area contributed by atoms with E-state index in [-0.39, 0.29) is 0 Å². The molecule has 0 N–H and O–H groups in total. The van der Waals surface area contributed by atoms with Crippen LogP contribution in [0.4, 0.5) is 0 Å². The van der Waals surface area contributed by atoms with Crippen LogP contribution in [-0.4, -0.2) is 41.3 Å². The van der Waals surface area contributed by atoms with Crippen LogP contribution >= 0.6 is 0 Å². The molecule has 6 nitrogen and oxygen atoms in total. The van der Waals surface area contributed by atoms with Gasteiger partial charge >= 0.3 is 0 Å². The molecule has 6 heteroatoms. The molecule has 0 aliphatic carbocycles. The summed E-state index contributed by atoms with van der Waals surface area (Å²) in [5.41, 5.74) is 0.618. The predicted octanol–water partition coefficient (Wildman–Crippen LogP) is 2.51. The first-order chi connectivity index (χ1) is 11.2. The van der Waals surface area contributed by atoms with Crippen LogP contribution in [0.15, 0.2) is 28.8 Å². The highest BCUT2D eigenvalue weighted by Gasteiger charge is 2.25. The molecule has 0 amide bonds. The third-order valence-corrected chi connectivity index (χ3v) is 4.04. The molecule has 1 fully saturated rings. The summed E-state index contributed by atoms with van der Waals surface area (Å²) in [7, 11) is 0. The largest absolute Gasteiger partial charge is 0.492 e. The van der Waals surface area contributed by atoms with Gasteiger partial charge < -0.3 is 9.26 Å². The molecule has 0 saturated carbocycles. The Labute approximate surface area is 135 Å². The van der Waals surface area contributed by atoms with E-state index in [2.05, 4.69) is 21.1 Å². The van der Waals surface area contributed by atoms with E-state index in [0.29, 0.717) is 23.9 Å². The van der Waals surface area contributed by atoms with E-state index in [1.165, 1.54) is 0 Å². The van der Waals surface area contributed by atoms with Gasteiger partial charge in [0.05, 0.1) is 17.6 Å². The van der Waals surface area contributed by atoms with E-state index in [4.69, 9.17) is 14.5 Å². The number of benzene rings is 1. The molecule has 2 aromatic rings. The third kappa shape index (κ3) is 4.08. The summed E-state index contributed by atoms with van der Waals surface area (Å²) >= 11 is 0. The first kappa shape index (κ1) is 15.5. The second kappa shape index (κ2) is 7.25. The van der Waals surface area contributed by atoms with Gasteiger partial charge in [-0.3, -0.25) is 4.90 Å². The molecular formula is C17H20N4O2. The number of nitriles is 1. The Morgan fingerprint density at radius 3 is 3.17 bits per heavy atom. The monoisotopic (exact) mass is 312 g/mol. The molecule has 1 saturated heterocycles. The number of aromatic nitrogens is 2. The Morgan fingerprint density at radius 2 is 2.39 bits per heavy atom. The minimum absolute atomic E-state index is 0.312. The molecule has 1 atom stereocenters. The maximum Gasteiger partial charge on any atom is 0.231 e. The average Bonchev–Trinajstić information content (AvgIpc) is 3.02. The summed E-state index contributed by atoms with van der Waals surface area (Å²) in [5.74, 6) is 2.49. The zero-order valence-electron chi connectivity index (χ0n) is 13.2. The van der Waals surface area contributed by atoms with Crippen LogP contribution in [0.3, 0.4) is 0 Å². The lowest BCUT2D eigenvalue weighted by atomic mass is 9.98. The van der Waals surface area contributed by atoms with Gasteiger partial charge in [-0.05, 0) is 44.5 Å². The van der Waals surface area contributed by atoms with Crippen LogP contribution in [0.1, 0.15) is 36.0 Å². The Morgan fingerprint density at radius 1 is 1.48 bits per heavy atom. The fourth-order valence-electron chi connectivity index (χ4n) is 2.89. The number of nitrogens with zero attached hydrogens (tertiary/aromatic N) is 4. The second-order valence-corrected chi connectivity index (χ2v) is 5.81. The van der Waals surface area contributed by atoms with Gasteiger partial charge in [-0.2, -0.15) is 10.2 Å². The molecule has 0 bridgehead atoms. The topological polar surface area (TPSA) is 75.2 Å². The lowest BCUT2D eigenvalue weighted by molar-refractivity contribution is 0.157. The van der Waals surface area contributed by atoms with Crippen LogP contribution in [0, 0.1) is 18.3 Å². The lowest BCUT2D eigenvalue weighted by Gasteiger charge is -2.30. The maximum absolute atomic E-state index is 8.90. The van der Waals surface area contributed by atoms with Gasteiger partial charge in [0.1, 0.15) is 12.4 Å². The number of aryl methyl sites for hydroxylation is 1. The standard InChI is InChI=1S/C17H20N4O2/c1-13-19-17(23-20-13)15-5-3-7-21(12-15)8-9-22-16-6-2-4-14(10-16)11-18/h2,4,6,10,15H,3,5,7-9,12H2,1H3/t15-/m0/s1. The molecule has 3 rings (SSSR count). The predicted molar refractivity (Wildman–Crippen MR) is 84.1 cm³/mol. The first-order valence-electron chi connectivity index (χ1n) is 7.90. The SMILES string of the molecule is Cc1noc([C@H]2CCCN(CCOc3cccc(C#N)c3)C2)n1. The third-order valence-electron chi connectivity index (χ3n) is 4.04. The second-order valence-electron chi connectivity index (χ2n) is 5.81. The van der Waals surface area contributed by atoms with E-state index in [0.717, 1.165) is 44.1 Å². The Bertz CT molecular complexity index is 692. The van der Waals surface area contributed by atoms with Crippen molar-refractivity contribution in [1.29, 1.82) is 5.26 Å². The van der Waals surface area contributed by atoms with E-state index in [9.17, 15) is 0 Å². The summed E-state index contributed by atoms with van der Waals surface area (Å²) in [4.78, 5) is 6.71. The van der Waals surface area contributed by atoms with Gasteiger partial charge in [0, 0.05) is 13.1 Å². The fraction of sp³-hybridized carbons (Fsp3) is 0.471. The molecule has 1 aliphatic rings. The molecule has 1 aromatic heterocycles. The first-order valence-corrected chi connectivity index (χ1v) is 7.90. The van der Waals surface area contributed by atoms with Crippen molar-refractivity contribution in [2.75, 3.05) is 26.2 Å². The van der Waals surface area contributed by atoms with Gasteiger partial charge in [-0.1, -0.05) is 11.2 Å². The van der Waals surface area contributed by atoms with E-state index in [1.807, 2.05) is 19.1 Å².